The molecule has 0 aliphatic rings. The summed E-state index contributed by atoms with van der Waals surface area (Å²) in [5.74, 6) is 0. The number of hydrogen-bond donors (Lipinski definition) is 0. The second-order valence-electron chi connectivity index (χ2n) is 9.10. The van der Waals surface area contributed by atoms with Gasteiger partial charge in [0.1, 0.15) is 0 Å². The summed E-state index contributed by atoms with van der Waals surface area (Å²) < 4.78 is 4.39. The van der Waals surface area contributed by atoms with Gasteiger partial charge in [-0.25, -0.2) is 0 Å². The maximum Gasteiger partial charge on any atom is 0.263 e. The van der Waals surface area contributed by atoms with Crippen molar-refractivity contribution in [2.75, 3.05) is 0 Å². The normalized spacial score (nSPS) is 11.4. The van der Waals surface area contributed by atoms with Crippen LogP contribution in [0.2, 0.25) is 0 Å². The highest BCUT2D eigenvalue weighted by Gasteiger charge is 2.18. The molecule has 0 spiro atoms. The first-order chi connectivity index (χ1) is 19.0. The minimum atomic E-state index is -0.0198. The van der Waals surface area contributed by atoms with E-state index in [1.54, 1.807) is 10.5 Å². The molecule has 0 atom stereocenters. The molecule has 6 aromatic rings. The van der Waals surface area contributed by atoms with E-state index in [1.807, 2.05) is 58.1 Å². The molecular weight excluding hydrogens is 494 g/mol. The van der Waals surface area contributed by atoms with Crippen molar-refractivity contribution in [2.24, 2.45) is 0 Å². The van der Waals surface area contributed by atoms with Gasteiger partial charge in [-0.2, -0.15) is 0 Å². The first-order valence-corrected chi connectivity index (χ1v) is 14.6. The molecule has 3 aromatic heterocycles. The second-order valence-corrected chi connectivity index (χ2v) is 10.2. The Labute approximate surface area is 235 Å². The fourth-order valence-electron chi connectivity index (χ4n) is 5.46. The van der Waals surface area contributed by atoms with E-state index in [2.05, 4.69) is 81.6 Å². The van der Waals surface area contributed by atoms with Crippen molar-refractivity contribution >= 4 is 66.0 Å². The van der Waals surface area contributed by atoms with Crippen LogP contribution in [0.4, 0.5) is 0 Å². The van der Waals surface area contributed by atoms with Gasteiger partial charge in [0.25, 0.3) is 5.56 Å². The van der Waals surface area contributed by atoms with E-state index in [4.69, 9.17) is 0 Å². The van der Waals surface area contributed by atoms with Crippen LogP contribution in [0.15, 0.2) is 72.5 Å². The van der Waals surface area contributed by atoms with E-state index < -0.39 is 0 Å². The summed E-state index contributed by atoms with van der Waals surface area (Å²) in [4.78, 5) is 13.6. The summed E-state index contributed by atoms with van der Waals surface area (Å²) in [7, 11) is 0. The zero-order valence-electron chi connectivity index (χ0n) is 24.1. The Morgan fingerprint density at radius 3 is 1.95 bits per heavy atom. The van der Waals surface area contributed by atoms with Gasteiger partial charge in [-0.1, -0.05) is 83.3 Å². The van der Waals surface area contributed by atoms with Gasteiger partial charge in [0.15, 0.2) is 0 Å². The monoisotopic (exact) mass is 531 g/mol. The molecule has 3 heteroatoms. The number of fused-ring (bicyclic) bond motifs is 5. The van der Waals surface area contributed by atoms with E-state index in [-0.39, 0.29) is 5.56 Å². The highest BCUT2D eigenvalue weighted by atomic mass is 32.1. The van der Waals surface area contributed by atoms with Crippen molar-refractivity contribution in [3.63, 3.8) is 0 Å². The first-order valence-electron chi connectivity index (χ1n) is 13.8. The van der Waals surface area contributed by atoms with Gasteiger partial charge < -0.3 is 0 Å². The lowest BCUT2D eigenvalue weighted by molar-refractivity contribution is 1.12. The van der Waals surface area contributed by atoms with Crippen LogP contribution in [-0.4, -0.2) is 4.40 Å². The van der Waals surface area contributed by atoms with Crippen molar-refractivity contribution in [1.29, 1.82) is 0 Å². The molecule has 0 saturated carbocycles. The van der Waals surface area contributed by atoms with Crippen LogP contribution in [-0.2, 0) is 0 Å². The van der Waals surface area contributed by atoms with E-state index >= 15 is 0 Å². The molecule has 6 rings (SSSR count). The van der Waals surface area contributed by atoms with Gasteiger partial charge in [0.05, 0.1) is 11.2 Å². The minimum absolute atomic E-state index is 0.0198. The quantitative estimate of drug-likeness (QED) is 0.223. The maximum atomic E-state index is 13.6. The first kappa shape index (κ1) is 28.1. The van der Waals surface area contributed by atoms with Crippen LogP contribution in [0.5, 0.6) is 0 Å². The molecule has 0 bridgehead atoms. The Hall–Kier alpha value is -3.95. The summed E-state index contributed by atoms with van der Waals surface area (Å²) in [5, 5.41) is 5.34. The number of benzene rings is 3. The molecule has 0 aliphatic carbocycles. The number of thiophene rings is 1. The second kappa shape index (κ2) is 11.4. The predicted octanol–water partition coefficient (Wildman–Crippen LogP) is 9.96. The number of pyridine rings is 1. The topological polar surface area (TPSA) is 21.5 Å². The Morgan fingerprint density at radius 1 is 0.744 bits per heavy atom. The molecule has 0 fully saturated rings. The third-order valence-corrected chi connectivity index (χ3v) is 8.26. The average molecular weight is 532 g/mol. The van der Waals surface area contributed by atoms with Crippen LogP contribution in [0, 0.1) is 13.8 Å². The molecule has 2 nitrogen and oxygen atoms in total. The molecule has 0 radical (unpaired) electrons. The fraction of sp³-hybridized carbons (Fsp3) is 0.194. The summed E-state index contributed by atoms with van der Waals surface area (Å²) >= 11 is 1.83. The van der Waals surface area contributed by atoms with Gasteiger partial charge in [0.2, 0.25) is 0 Å². The summed E-state index contributed by atoms with van der Waals surface area (Å²) in [5.41, 5.74) is 7.27. The predicted molar refractivity (Wildman–Crippen MR) is 177 cm³/mol. The van der Waals surface area contributed by atoms with Crippen LogP contribution < -0.4 is 10.8 Å². The summed E-state index contributed by atoms with van der Waals surface area (Å²) in [6.07, 6.45) is 5.67. The molecular formula is C36H37NOS. The average Bonchev–Trinajstić information content (AvgIpc) is 3.48. The van der Waals surface area contributed by atoms with Crippen molar-refractivity contribution in [1.82, 2.24) is 4.40 Å². The number of hydrogen-bond acceptors (Lipinski definition) is 2. The van der Waals surface area contributed by atoms with Gasteiger partial charge in [-0.15, -0.1) is 11.3 Å². The molecule has 0 N–H and O–H groups in total. The molecule has 0 aliphatic heterocycles. The van der Waals surface area contributed by atoms with Gasteiger partial charge >= 0.3 is 0 Å². The molecule has 3 aromatic carbocycles. The molecule has 0 amide bonds. The smallest absolute Gasteiger partial charge is 0.263 e. The third-order valence-electron chi connectivity index (χ3n) is 7.15. The van der Waals surface area contributed by atoms with Crippen LogP contribution in [0.3, 0.4) is 0 Å². The fourth-order valence-corrected chi connectivity index (χ4v) is 6.70. The van der Waals surface area contributed by atoms with E-state index in [0.717, 1.165) is 44.1 Å². The highest BCUT2D eigenvalue weighted by Crippen LogP contribution is 2.37. The molecule has 39 heavy (non-hydrogen) atoms. The lowest BCUT2D eigenvalue weighted by Gasteiger charge is -2.08. The van der Waals surface area contributed by atoms with Gasteiger partial charge in [-0.3, -0.25) is 9.20 Å². The zero-order valence-corrected chi connectivity index (χ0v) is 24.9. The van der Waals surface area contributed by atoms with Crippen LogP contribution >= 0.6 is 11.3 Å². The van der Waals surface area contributed by atoms with E-state index in [9.17, 15) is 4.79 Å². The molecule has 0 unspecified atom stereocenters. The SMILES string of the molecule is C=Cc1c(C)c2/c(=C\C)c3cc(-c4ccc5c(c4)sc4cc(C)ccc45)ccc3c(=O)n2c1C=C.CC.CC. The molecule has 3 heterocycles. The van der Waals surface area contributed by atoms with Crippen molar-refractivity contribution in [3.05, 3.63) is 106 Å². The lowest BCUT2D eigenvalue weighted by Crippen LogP contribution is -2.22. The van der Waals surface area contributed by atoms with Crippen LogP contribution in [0.25, 0.3) is 65.8 Å². The number of nitrogens with zero attached hydrogens (tertiary/aromatic N) is 1. The minimum Gasteiger partial charge on any atom is -0.275 e. The standard InChI is InChI=1S/C32H25NOS.2C2H6/c1-6-22-19(5)31-23(7-2)27-16-20(11-14-26(27)32(34)33(31)28(22)8-3)21-10-13-25-24-12-9-18(4)15-29(24)35-30(25)17-21;2*1-2/h6-17H,1,3H2,2,4-5H3;2*1-2H3/b23-7-;;. The Balaban J connectivity index is 0.000000845. The molecule has 0 saturated heterocycles. The Morgan fingerprint density at radius 2 is 1.33 bits per heavy atom. The third kappa shape index (κ3) is 4.41. The van der Waals surface area contributed by atoms with Crippen molar-refractivity contribution in [3.8, 4) is 11.1 Å². The summed E-state index contributed by atoms with van der Waals surface area (Å²) in [6.45, 7) is 22.2. The van der Waals surface area contributed by atoms with E-state index in [0.29, 0.717) is 5.39 Å². The zero-order chi connectivity index (χ0) is 28.4. The molecule has 198 valence electrons. The number of rotatable bonds is 3. The maximum absolute atomic E-state index is 13.6. The van der Waals surface area contributed by atoms with Gasteiger partial charge in [0, 0.05) is 36.3 Å². The van der Waals surface area contributed by atoms with Crippen molar-refractivity contribution in [2.45, 2.75) is 48.5 Å². The van der Waals surface area contributed by atoms with Gasteiger partial charge in [-0.05, 0) is 78.8 Å². The number of aromatic nitrogens is 1. The number of aryl methyl sites for hydroxylation is 2. The Bertz CT molecular complexity index is 1980. The van der Waals surface area contributed by atoms with E-state index in [1.165, 1.54) is 25.7 Å². The lowest BCUT2D eigenvalue weighted by atomic mass is 9.99. The largest absolute Gasteiger partial charge is 0.275 e. The van der Waals surface area contributed by atoms with Crippen molar-refractivity contribution < 1.29 is 0 Å². The highest BCUT2D eigenvalue weighted by molar-refractivity contribution is 7.25. The van der Waals surface area contributed by atoms with Crippen LogP contribution in [0.1, 0.15) is 57.0 Å². The summed E-state index contributed by atoms with van der Waals surface area (Å²) in [6, 6.07) is 19.5. The Kier molecular flexibility index (Phi) is 8.22.